The smallest absolute Gasteiger partial charge is 0.123 e. The van der Waals surface area contributed by atoms with E-state index in [4.69, 9.17) is 10.5 Å². The largest absolute Gasteiger partial charge is 0.496 e. The van der Waals surface area contributed by atoms with E-state index in [9.17, 15) is 0 Å². The van der Waals surface area contributed by atoms with Gasteiger partial charge in [-0.25, -0.2) is 0 Å². The van der Waals surface area contributed by atoms with Crippen LogP contribution in [0.25, 0.3) is 0 Å². The minimum atomic E-state index is 0.762. The van der Waals surface area contributed by atoms with Gasteiger partial charge < -0.3 is 10.5 Å². The maximum atomic E-state index is 5.74. The summed E-state index contributed by atoms with van der Waals surface area (Å²) in [4.78, 5) is 2.14. The number of hydrogen-bond acceptors (Lipinski definition) is 3. The molecule has 2 N–H and O–H groups in total. The standard InChI is InChI=1S/C12H18N2O/c1-4-7-14(2)9-10-8-11(13)5-6-12(10)15-3/h4-6,8H,1,7,9,13H2,2-3H3. The first-order chi connectivity index (χ1) is 7.17. The summed E-state index contributed by atoms with van der Waals surface area (Å²) in [5.74, 6) is 0.875. The molecule has 0 amide bonds. The fourth-order valence-electron chi connectivity index (χ4n) is 1.50. The zero-order chi connectivity index (χ0) is 11.3. The molecule has 0 aliphatic carbocycles. The van der Waals surface area contributed by atoms with E-state index < -0.39 is 0 Å². The van der Waals surface area contributed by atoms with E-state index >= 15 is 0 Å². The Morgan fingerprint density at radius 3 is 2.87 bits per heavy atom. The molecule has 0 aliphatic rings. The normalized spacial score (nSPS) is 10.3. The molecule has 0 fully saturated rings. The van der Waals surface area contributed by atoms with Gasteiger partial charge in [-0.2, -0.15) is 0 Å². The second kappa shape index (κ2) is 5.41. The fraction of sp³-hybridized carbons (Fsp3) is 0.333. The predicted octanol–water partition coefficient (Wildman–Crippen LogP) is 1.90. The molecule has 1 aromatic carbocycles. The van der Waals surface area contributed by atoms with Gasteiger partial charge in [0.25, 0.3) is 0 Å². The maximum Gasteiger partial charge on any atom is 0.123 e. The molecule has 15 heavy (non-hydrogen) atoms. The van der Waals surface area contributed by atoms with Crippen LogP contribution in [-0.4, -0.2) is 25.6 Å². The third kappa shape index (κ3) is 3.29. The number of nitrogens with zero attached hydrogens (tertiary/aromatic N) is 1. The predicted molar refractivity (Wildman–Crippen MR) is 63.9 cm³/mol. The van der Waals surface area contributed by atoms with E-state index in [1.807, 2.05) is 31.3 Å². The molecule has 0 atom stereocenters. The van der Waals surface area contributed by atoms with Gasteiger partial charge in [0.05, 0.1) is 7.11 Å². The van der Waals surface area contributed by atoms with Gasteiger partial charge in [0, 0.05) is 24.3 Å². The van der Waals surface area contributed by atoms with Crippen LogP contribution in [0.5, 0.6) is 5.75 Å². The lowest BCUT2D eigenvalue weighted by Crippen LogP contribution is -2.18. The van der Waals surface area contributed by atoms with E-state index in [0.717, 1.165) is 30.1 Å². The molecule has 0 aromatic heterocycles. The monoisotopic (exact) mass is 206 g/mol. The van der Waals surface area contributed by atoms with Crippen LogP contribution in [0.1, 0.15) is 5.56 Å². The second-order valence-electron chi connectivity index (χ2n) is 3.56. The summed E-state index contributed by atoms with van der Waals surface area (Å²) in [6.45, 7) is 5.36. The zero-order valence-corrected chi connectivity index (χ0v) is 9.36. The van der Waals surface area contributed by atoms with Gasteiger partial charge in [-0.3, -0.25) is 4.90 Å². The summed E-state index contributed by atoms with van der Waals surface area (Å²) in [6, 6.07) is 5.68. The van der Waals surface area contributed by atoms with Crippen LogP contribution in [0.3, 0.4) is 0 Å². The molecule has 0 unspecified atom stereocenters. The highest BCUT2D eigenvalue weighted by Crippen LogP contribution is 2.22. The van der Waals surface area contributed by atoms with Crippen LogP contribution in [0.15, 0.2) is 30.9 Å². The second-order valence-corrected chi connectivity index (χ2v) is 3.56. The minimum Gasteiger partial charge on any atom is -0.496 e. The fourth-order valence-corrected chi connectivity index (χ4v) is 1.50. The quantitative estimate of drug-likeness (QED) is 0.590. The number of methoxy groups -OCH3 is 1. The first-order valence-electron chi connectivity index (χ1n) is 4.89. The van der Waals surface area contributed by atoms with Crippen LogP contribution < -0.4 is 10.5 Å². The average molecular weight is 206 g/mol. The number of hydrogen-bond donors (Lipinski definition) is 1. The molecule has 0 bridgehead atoms. The summed E-state index contributed by atoms with van der Waals surface area (Å²) < 4.78 is 5.27. The molecule has 0 saturated heterocycles. The van der Waals surface area contributed by atoms with Crippen molar-refractivity contribution in [1.29, 1.82) is 0 Å². The highest BCUT2D eigenvalue weighted by atomic mass is 16.5. The van der Waals surface area contributed by atoms with Gasteiger partial charge in [-0.1, -0.05) is 6.08 Å². The van der Waals surface area contributed by atoms with Gasteiger partial charge in [-0.15, -0.1) is 6.58 Å². The van der Waals surface area contributed by atoms with Crippen LogP contribution in [0.2, 0.25) is 0 Å². The van der Waals surface area contributed by atoms with Crippen LogP contribution in [0, 0.1) is 0 Å². The summed E-state index contributed by atoms with van der Waals surface area (Å²) in [5.41, 5.74) is 7.60. The van der Waals surface area contributed by atoms with Crippen molar-refractivity contribution in [3.05, 3.63) is 36.4 Å². The van der Waals surface area contributed by atoms with Crippen molar-refractivity contribution in [2.24, 2.45) is 0 Å². The third-order valence-corrected chi connectivity index (χ3v) is 2.19. The Bertz CT molecular complexity index is 336. The third-order valence-electron chi connectivity index (χ3n) is 2.19. The lowest BCUT2D eigenvalue weighted by Gasteiger charge is -2.16. The van der Waals surface area contributed by atoms with Gasteiger partial charge in [0.1, 0.15) is 5.75 Å². The average Bonchev–Trinajstić information content (AvgIpc) is 2.18. The number of nitrogen functional groups attached to an aromatic ring is 1. The molecular weight excluding hydrogens is 188 g/mol. The number of anilines is 1. The van der Waals surface area contributed by atoms with E-state index in [1.165, 1.54) is 0 Å². The first kappa shape index (κ1) is 11.6. The molecule has 0 aliphatic heterocycles. The Balaban J connectivity index is 2.81. The van der Waals surface area contributed by atoms with Crippen LogP contribution in [-0.2, 0) is 6.54 Å². The van der Waals surface area contributed by atoms with Crippen molar-refractivity contribution < 1.29 is 4.74 Å². The van der Waals surface area contributed by atoms with Crippen molar-refractivity contribution in [3.8, 4) is 5.75 Å². The highest BCUT2D eigenvalue weighted by Gasteiger charge is 2.05. The number of ether oxygens (including phenoxy) is 1. The molecule has 0 radical (unpaired) electrons. The Kier molecular flexibility index (Phi) is 4.18. The summed E-state index contributed by atoms with van der Waals surface area (Å²) in [5, 5.41) is 0. The molecule has 1 rings (SSSR count). The Labute approximate surface area is 91.1 Å². The van der Waals surface area contributed by atoms with Gasteiger partial charge in [0.2, 0.25) is 0 Å². The van der Waals surface area contributed by atoms with E-state index in [2.05, 4.69) is 11.5 Å². The maximum absolute atomic E-state index is 5.74. The number of nitrogens with two attached hydrogens (primary N) is 1. The molecular formula is C12H18N2O. The molecule has 1 aromatic rings. The van der Waals surface area contributed by atoms with Gasteiger partial charge in [0.15, 0.2) is 0 Å². The minimum absolute atomic E-state index is 0.762. The lowest BCUT2D eigenvalue weighted by atomic mass is 10.1. The Hall–Kier alpha value is -1.48. The molecule has 82 valence electrons. The Morgan fingerprint density at radius 2 is 2.27 bits per heavy atom. The summed E-state index contributed by atoms with van der Waals surface area (Å²) in [7, 11) is 3.70. The zero-order valence-electron chi connectivity index (χ0n) is 9.36. The van der Waals surface area contributed by atoms with Crippen molar-refractivity contribution in [3.63, 3.8) is 0 Å². The van der Waals surface area contributed by atoms with E-state index in [1.54, 1.807) is 7.11 Å². The SMILES string of the molecule is C=CCN(C)Cc1cc(N)ccc1OC. The number of likely N-dealkylation sites (N-methyl/N-ethyl adjacent to an activating group) is 1. The molecule has 0 heterocycles. The summed E-state index contributed by atoms with van der Waals surface area (Å²) >= 11 is 0. The Morgan fingerprint density at radius 1 is 1.53 bits per heavy atom. The van der Waals surface area contributed by atoms with Gasteiger partial charge in [-0.05, 0) is 25.2 Å². The van der Waals surface area contributed by atoms with Crippen molar-refractivity contribution in [1.82, 2.24) is 4.90 Å². The highest BCUT2D eigenvalue weighted by molar-refractivity contribution is 5.47. The van der Waals surface area contributed by atoms with Crippen molar-refractivity contribution >= 4 is 5.69 Å². The molecule has 3 nitrogen and oxygen atoms in total. The number of rotatable bonds is 5. The van der Waals surface area contributed by atoms with Crippen molar-refractivity contribution in [2.45, 2.75) is 6.54 Å². The lowest BCUT2D eigenvalue weighted by molar-refractivity contribution is 0.347. The van der Waals surface area contributed by atoms with Crippen molar-refractivity contribution in [2.75, 3.05) is 26.4 Å². The molecule has 3 heteroatoms. The van der Waals surface area contributed by atoms with Gasteiger partial charge >= 0.3 is 0 Å². The molecule has 0 spiro atoms. The van der Waals surface area contributed by atoms with Crippen LogP contribution in [0.4, 0.5) is 5.69 Å². The van der Waals surface area contributed by atoms with E-state index in [-0.39, 0.29) is 0 Å². The topological polar surface area (TPSA) is 38.5 Å². The van der Waals surface area contributed by atoms with Crippen LogP contribution >= 0.6 is 0 Å². The van der Waals surface area contributed by atoms with E-state index in [0.29, 0.717) is 0 Å². The molecule has 0 saturated carbocycles. The first-order valence-corrected chi connectivity index (χ1v) is 4.89. The summed E-state index contributed by atoms with van der Waals surface area (Å²) in [6.07, 6.45) is 1.87. The number of benzene rings is 1.